The average molecular weight is 348 g/mol. The number of benzene rings is 2. The van der Waals surface area contributed by atoms with Crippen LogP contribution in [0.4, 0.5) is 5.69 Å². The first-order chi connectivity index (χ1) is 10.1. The largest absolute Gasteiger partial charge is 0.481 e. The molecule has 0 saturated heterocycles. The molecule has 5 heteroatoms. The fraction of sp³-hybridized carbons (Fsp3) is 0.125. The molecule has 0 aliphatic rings. The van der Waals surface area contributed by atoms with E-state index in [9.17, 15) is 9.59 Å². The van der Waals surface area contributed by atoms with Crippen LogP contribution in [0.5, 0.6) is 0 Å². The zero-order chi connectivity index (χ0) is 15.2. The van der Waals surface area contributed by atoms with Crippen LogP contribution in [0, 0.1) is 0 Å². The van der Waals surface area contributed by atoms with Crippen LogP contribution < -0.4 is 5.32 Å². The molecule has 2 aromatic rings. The Balaban J connectivity index is 2.15. The smallest absolute Gasteiger partial charge is 0.303 e. The Morgan fingerprint density at radius 3 is 2.57 bits per heavy atom. The van der Waals surface area contributed by atoms with E-state index < -0.39 is 5.97 Å². The van der Waals surface area contributed by atoms with Gasteiger partial charge in [-0.25, -0.2) is 0 Å². The van der Waals surface area contributed by atoms with Crippen LogP contribution in [0.15, 0.2) is 53.0 Å². The Morgan fingerprint density at radius 2 is 1.86 bits per heavy atom. The Morgan fingerprint density at radius 1 is 1.10 bits per heavy atom. The van der Waals surface area contributed by atoms with E-state index >= 15 is 0 Å². The summed E-state index contributed by atoms with van der Waals surface area (Å²) in [7, 11) is 0. The third kappa shape index (κ3) is 4.43. The molecule has 0 bridgehead atoms. The number of aryl methyl sites for hydroxylation is 1. The predicted octanol–water partition coefficient (Wildman–Crippen LogP) is 3.72. The fourth-order valence-corrected chi connectivity index (χ4v) is 2.33. The third-order valence-electron chi connectivity index (χ3n) is 2.96. The first-order valence-corrected chi connectivity index (χ1v) is 7.22. The number of carboxylic acid groups (broad SMARTS) is 1. The summed E-state index contributed by atoms with van der Waals surface area (Å²) < 4.78 is 0.828. The van der Waals surface area contributed by atoms with Gasteiger partial charge in [0.2, 0.25) is 0 Å². The van der Waals surface area contributed by atoms with Crippen molar-refractivity contribution in [3.8, 4) is 0 Å². The molecule has 0 unspecified atom stereocenters. The molecule has 0 atom stereocenters. The van der Waals surface area contributed by atoms with Crippen molar-refractivity contribution >= 4 is 33.5 Å². The van der Waals surface area contributed by atoms with Gasteiger partial charge in [0.05, 0.1) is 0 Å². The number of para-hydroxylation sites is 1. The second-order valence-electron chi connectivity index (χ2n) is 4.52. The van der Waals surface area contributed by atoms with Crippen LogP contribution >= 0.6 is 15.9 Å². The molecule has 0 saturated carbocycles. The van der Waals surface area contributed by atoms with Crippen molar-refractivity contribution in [2.24, 2.45) is 0 Å². The fourth-order valence-electron chi connectivity index (χ4n) is 1.93. The van der Waals surface area contributed by atoms with Crippen LogP contribution in [0.25, 0.3) is 0 Å². The van der Waals surface area contributed by atoms with E-state index in [0.29, 0.717) is 17.7 Å². The summed E-state index contributed by atoms with van der Waals surface area (Å²) in [5, 5.41) is 11.6. The van der Waals surface area contributed by atoms with Crippen LogP contribution in [0.3, 0.4) is 0 Å². The SMILES string of the molecule is O=C(O)CCc1ccccc1NC(=O)c1cccc(Br)c1. The molecule has 0 aliphatic carbocycles. The maximum Gasteiger partial charge on any atom is 0.303 e. The number of hydrogen-bond donors (Lipinski definition) is 2. The first-order valence-electron chi connectivity index (χ1n) is 6.43. The second kappa shape index (κ2) is 7.04. The number of anilines is 1. The zero-order valence-electron chi connectivity index (χ0n) is 11.2. The number of hydrogen-bond acceptors (Lipinski definition) is 2. The minimum absolute atomic E-state index is 0.0315. The van der Waals surface area contributed by atoms with Gasteiger partial charge in [0.15, 0.2) is 0 Å². The molecule has 4 nitrogen and oxygen atoms in total. The highest BCUT2D eigenvalue weighted by Crippen LogP contribution is 2.19. The highest BCUT2D eigenvalue weighted by molar-refractivity contribution is 9.10. The van der Waals surface area contributed by atoms with Gasteiger partial charge < -0.3 is 10.4 Å². The highest BCUT2D eigenvalue weighted by atomic mass is 79.9. The molecule has 1 amide bonds. The molecule has 2 rings (SSSR count). The van der Waals surface area contributed by atoms with Gasteiger partial charge in [-0.2, -0.15) is 0 Å². The van der Waals surface area contributed by atoms with E-state index in [2.05, 4.69) is 21.2 Å². The lowest BCUT2D eigenvalue weighted by Gasteiger charge is -2.10. The van der Waals surface area contributed by atoms with Gasteiger partial charge in [0.1, 0.15) is 0 Å². The third-order valence-corrected chi connectivity index (χ3v) is 3.45. The molecule has 2 aromatic carbocycles. The van der Waals surface area contributed by atoms with E-state index in [0.717, 1.165) is 10.0 Å². The normalized spacial score (nSPS) is 10.1. The van der Waals surface area contributed by atoms with Gasteiger partial charge >= 0.3 is 5.97 Å². The van der Waals surface area contributed by atoms with Crippen LogP contribution in [-0.4, -0.2) is 17.0 Å². The topological polar surface area (TPSA) is 66.4 Å². The second-order valence-corrected chi connectivity index (χ2v) is 5.43. The molecule has 2 N–H and O–H groups in total. The van der Waals surface area contributed by atoms with Gasteiger partial charge in [0, 0.05) is 22.1 Å². The maximum absolute atomic E-state index is 12.2. The number of carbonyl (C=O) groups excluding carboxylic acids is 1. The lowest BCUT2D eigenvalue weighted by Crippen LogP contribution is -2.13. The number of carboxylic acids is 1. The van der Waals surface area contributed by atoms with Gasteiger partial charge in [-0.1, -0.05) is 40.2 Å². The monoisotopic (exact) mass is 347 g/mol. The molecule has 0 radical (unpaired) electrons. The Kier molecular flexibility index (Phi) is 5.11. The van der Waals surface area contributed by atoms with Gasteiger partial charge in [-0.3, -0.25) is 9.59 Å². The number of halogens is 1. The number of amides is 1. The molecule has 0 fully saturated rings. The van der Waals surface area contributed by atoms with Crippen molar-refractivity contribution in [1.29, 1.82) is 0 Å². The number of carbonyl (C=O) groups is 2. The van der Waals surface area contributed by atoms with Gasteiger partial charge in [-0.05, 0) is 36.2 Å². The van der Waals surface area contributed by atoms with Crippen molar-refractivity contribution in [1.82, 2.24) is 0 Å². The zero-order valence-corrected chi connectivity index (χ0v) is 12.8. The lowest BCUT2D eigenvalue weighted by molar-refractivity contribution is -0.136. The van der Waals surface area contributed by atoms with E-state index in [1.165, 1.54) is 0 Å². The molecule has 0 heterocycles. The summed E-state index contributed by atoms with van der Waals surface area (Å²) in [5.74, 6) is -1.08. The molecule has 0 spiro atoms. The van der Waals surface area contributed by atoms with E-state index in [-0.39, 0.29) is 12.3 Å². The standard InChI is InChI=1S/C16H14BrNO3/c17-13-6-3-5-12(10-13)16(21)18-14-7-2-1-4-11(14)8-9-15(19)20/h1-7,10H,8-9H2,(H,18,21)(H,19,20). The number of aliphatic carboxylic acids is 1. The van der Waals surface area contributed by atoms with Crippen LogP contribution in [0.2, 0.25) is 0 Å². The lowest BCUT2D eigenvalue weighted by atomic mass is 10.1. The van der Waals surface area contributed by atoms with Crippen LogP contribution in [-0.2, 0) is 11.2 Å². The summed E-state index contributed by atoms with van der Waals surface area (Å²) in [5.41, 5.74) is 1.99. The molecule has 0 aromatic heterocycles. The maximum atomic E-state index is 12.2. The Hall–Kier alpha value is -2.14. The number of rotatable bonds is 5. The van der Waals surface area contributed by atoms with E-state index in [1.807, 2.05) is 18.2 Å². The molecule has 0 aliphatic heterocycles. The molecular weight excluding hydrogens is 334 g/mol. The summed E-state index contributed by atoms with van der Waals surface area (Å²) in [6, 6.07) is 14.3. The Labute approximate surface area is 130 Å². The summed E-state index contributed by atoms with van der Waals surface area (Å²) in [4.78, 5) is 22.9. The molecule has 108 valence electrons. The van der Waals surface area contributed by atoms with E-state index in [4.69, 9.17) is 5.11 Å². The number of nitrogens with one attached hydrogen (secondary N) is 1. The molecule has 21 heavy (non-hydrogen) atoms. The van der Waals surface area contributed by atoms with Gasteiger partial charge in [-0.15, -0.1) is 0 Å². The van der Waals surface area contributed by atoms with Crippen molar-refractivity contribution in [2.75, 3.05) is 5.32 Å². The van der Waals surface area contributed by atoms with Crippen molar-refractivity contribution in [3.63, 3.8) is 0 Å². The van der Waals surface area contributed by atoms with E-state index in [1.54, 1.807) is 30.3 Å². The first kappa shape index (κ1) is 15.3. The summed E-state index contributed by atoms with van der Waals surface area (Å²) in [6.07, 6.45) is 0.411. The quantitative estimate of drug-likeness (QED) is 0.866. The van der Waals surface area contributed by atoms with Crippen LogP contribution in [0.1, 0.15) is 22.3 Å². The minimum Gasteiger partial charge on any atom is -0.481 e. The predicted molar refractivity (Wildman–Crippen MR) is 84.5 cm³/mol. The van der Waals surface area contributed by atoms with Crippen molar-refractivity contribution < 1.29 is 14.7 Å². The minimum atomic E-state index is -0.858. The van der Waals surface area contributed by atoms with Crippen molar-refractivity contribution in [2.45, 2.75) is 12.8 Å². The van der Waals surface area contributed by atoms with Gasteiger partial charge in [0.25, 0.3) is 5.91 Å². The van der Waals surface area contributed by atoms with Crippen molar-refractivity contribution in [3.05, 3.63) is 64.1 Å². The highest BCUT2D eigenvalue weighted by Gasteiger charge is 2.10. The summed E-state index contributed by atoms with van der Waals surface area (Å²) >= 11 is 3.33. The molecular formula is C16H14BrNO3. The average Bonchev–Trinajstić information content (AvgIpc) is 2.46. The Bertz CT molecular complexity index is 670. The summed E-state index contributed by atoms with van der Waals surface area (Å²) in [6.45, 7) is 0.